The topological polar surface area (TPSA) is 67.4 Å². The molecule has 0 radical (unpaired) electrons. The zero-order valence-electron chi connectivity index (χ0n) is 11.7. The van der Waals surface area contributed by atoms with Crippen LogP contribution >= 0.6 is 0 Å². The van der Waals surface area contributed by atoms with Crippen LogP contribution in [0.2, 0.25) is 0 Å². The number of nitrogens with one attached hydrogen (secondary N) is 2. The fourth-order valence-electron chi connectivity index (χ4n) is 1.43. The van der Waals surface area contributed by atoms with Gasteiger partial charge >= 0.3 is 5.97 Å². The molecule has 0 bridgehead atoms. The summed E-state index contributed by atoms with van der Waals surface area (Å²) < 4.78 is 5.18. The summed E-state index contributed by atoms with van der Waals surface area (Å²) in [5, 5.41) is 5.63. The van der Waals surface area contributed by atoms with E-state index in [9.17, 15) is 9.59 Å². The van der Waals surface area contributed by atoms with E-state index >= 15 is 0 Å². The Labute approximate surface area is 113 Å². The Bertz CT molecular complexity index is 447. The number of carbonyl (C=O) groups is 2. The predicted molar refractivity (Wildman–Crippen MR) is 75.1 cm³/mol. The zero-order valence-corrected chi connectivity index (χ0v) is 11.7. The molecule has 0 saturated heterocycles. The lowest BCUT2D eigenvalue weighted by molar-refractivity contribution is -0.152. The molecule has 0 aliphatic rings. The van der Waals surface area contributed by atoms with Crippen LogP contribution in [-0.2, 0) is 14.3 Å². The van der Waals surface area contributed by atoms with Gasteiger partial charge in [0.05, 0.1) is 0 Å². The van der Waals surface area contributed by atoms with Crippen LogP contribution in [0.5, 0.6) is 0 Å². The highest BCUT2D eigenvalue weighted by Gasteiger charge is 2.15. The minimum atomic E-state index is -0.478. The number of anilines is 2. The molecule has 0 fully saturated rings. The van der Waals surface area contributed by atoms with Gasteiger partial charge in [-0.15, -0.1) is 0 Å². The van der Waals surface area contributed by atoms with Crippen LogP contribution in [-0.4, -0.2) is 24.0 Å². The fraction of sp³-hybridized carbons (Fsp3) is 0.429. The van der Waals surface area contributed by atoms with Crippen molar-refractivity contribution in [1.82, 2.24) is 0 Å². The smallest absolute Gasteiger partial charge is 0.325 e. The molecule has 0 saturated carbocycles. The lowest BCUT2D eigenvalue weighted by Crippen LogP contribution is -2.28. The molecule has 2 N–H and O–H groups in total. The van der Waals surface area contributed by atoms with E-state index in [1.54, 1.807) is 24.3 Å². The number of rotatable bonds is 4. The van der Waals surface area contributed by atoms with Crippen LogP contribution in [0, 0.1) is 0 Å². The monoisotopic (exact) mass is 264 g/mol. The maximum atomic E-state index is 11.5. The van der Waals surface area contributed by atoms with Crippen molar-refractivity contribution in [2.45, 2.75) is 33.3 Å². The Morgan fingerprint density at radius 3 is 2.11 bits per heavy atom. The van der Waals surface area contributed by atoms with E-state index in [0.717, 1.165) is 11.4 Å². The molecular formula is C14H20N2O3. The number of carbonyl (C=O) groups excluding carboxylic acids is 2. The Balaban J connectivity index is 2.46. The Morgan fingerprint density at radius 2 is 1.63 bits per heavy atom. The van der Waals surface area contributed by atoms with E-state index in [2.05, 4.69) is 10.6 Å². The van der Waals surface area contributed by atoms with Crippen molar-refractivity contribution in [3.8, 4) is 0 Å². The Hall–Kier alpha value is -2.04. The van der Waals surface area contributed by atoms with Gasteiger partial charge in [0.2, 0.25) is 5.91 Å². The number of hydrogen-bond donors (Lipinski definition) is 2. The molecule has 1 rings (SSSR count). The molecular weight excluding hydrogens is 244 g/mol. The van der Waals surface area contributed by atoms with Gasteiger partial charge in [-0.2, -0.15) is 0 Å². The third-order valence-electron chi connectivity index (χ3n) is 2.06. The first kappa shape index (κ1) is 15.0. The average molecular weight is 264 g/mol. The van der Waals surface area contributed by atoms with Crippen LogP contribution in [0.25, 0.3) is 0 Å². The SMILES string of the molecule is CC(=O)Nc1ccc(NCC(=O)OC(C)(C)C)cc1. The first-order chi connectivity index (χ1) is 8.76. The third-order valence-corrected chi connectivity index (χ3v) is 2.06. The molecule has 0 atom stereocenters. The van der Waals surface area contributed by atoms with Gasteiger partial charge in [0, 0.05) is 18.3 Å². The molecule has 0 heterocycles. The van der Waals surface area contributed by atoms with Gasteiger partial charge in [-0.25, -0.2) is 0 Å². The van der Waals surface area contributed by atoms with Gasteiger partial charge in [0.15, 0.2) is 0 Å². The first-order valence-electron chi connectivity index (χ1n) is 6.09. The van der Waals surface area contributed by atoms with E-state index in [0.29, 0.717) is 0 Å². The summed E-state index contributed by atoms with van der Waals surface area (Å²) in [4.78, 5) is 22.4. The predicted octanol–water partition coefficient (Wildman–Crippen LogP) is 2.40. The summed E-state index contributed by atoms with van der Waals surface area (Å²) in [5.41, 5.74) is 1.03. The maximum Gasteiger partial charge on any atom is 0.325 e. The summed E-state index contributed by atoms with van der Waals surface area (Å²) in [5.74, 6) is -0.423. The van der Waals surface area contributed by atoms with Crippen LogP contribution in [0.3, 0.4) is 0 Å². The summed E-state index contributed by atoms with van der Waals surface area (Å²) in [7, 11) is 0. The minimum absolute atomic E-state index is 0.108. The van der Waals surface area contributed by atoms with Crippen molar-refractivity contribution in [1.29, 1.82) is 0 Å². The van der Waals surface area contributed by atoms with Gasteiger partial charge in [0.25, 0.3) is 0 Å². The molecule has 1 aromatic carbocycles. The molecule has 19 heavy (non-hydrogen) atoms. The second-order valence-corrected chi connectivity index (χ2v) is 5.20. The molecule has 1 aromatic rings. The van der Waals surface area contributed by atoms with E-state index in [1.807, 2.05) is 20.8 Å². The van der Waals surface area contributed by atoms with Crippen molar-refractivity contribution in [2.75, 3.05) is 17.2 Å². The van der Waals surface area contributed by atoms with Crippen LogP contribution in [0.1, 0.15) is 27.7 Å². The van der Waals surface area contributed by atoms with Crippen molar-refractivity contribution in [2.24, 2.45) is 0 Å². The normalized spacial score (nSPS) is 10.7. The van der Waals surface area contributed by atoms with Gasteiger partial charge in [0.1, 0.15) is 12.1 Å². The van der Waals surface area contributed by atoms with E-state index in [1.165, 1.54) is 6.92 Å². The summed E-state index contributed by atoms with van der Waals surface area (Å²) in [6.45, 7) is 7.04. The van der Waals surface area contributed by atoms with Crippen LogP contribution in [0.4, 0.5) is 11.4 Å². The molecule has 104 valence electrons. The number of esters is 1. The number of amides is 1. The van der Waals surface area contributed by atoms with Crippen molar-refractivity contribution >= 4 is 23.3 Å². The second-order valence-electron chi connectivity index (χ2n) is 5.20. The minimum Gasteiger partial charge on any atom is -0.459 e. The maximum absolute atomic E-state index is 11.5. The van der Waals surface area contributed by atoms with Crippen molar-refractivity contribution in [3.63, 3.8) is 0 Å². The quantitative estimate of drug-likeness (QED) is 0.819. The van der Waals surface area contributed by atoms with Gasteiger partial charge in [-0.1, -0.05) is 0 Å². The molecule has 0 aliphatic carbocycles. The van der Waals surface area contributed by atoms with E-state index < -0.39 is 5.60 Å². The van der Waals surface area contributed by atoms with Crippen molar-refractivity contribution < 1.29 is 14.3 Å². The molecule has 0 spiro atoms. The summed E-state index contributed by atoms with van der Waals surface area (Å²) in [6, 6.07) is 7.10. The number of ether oxygens (including phenoxy) is 1. The molecule has 5 nitrogen and oxygen atoms in total. The number of benzene rings is 1. The highest BCUT2D eigenvalue weighted by atomic mass is 16.6. The highest BCUT2D eigenvalue weighted by Crippen LogP contribution is 2.13. The molecule has 0 aliphatic heterocycles. The Morgan fingerprint density at radius 1 is 1.11 bits per heavy atom. The lowest BCUT2D eigenvalue weighted by Gasteiger charge is -2.19. The standard InChI is InChI=1S/C14H20N2O3/c1-10(17)16-12-7-5-11(6-8-12)15-9-13(18)19-14(2,3)4/h5-8,15H,9H2,1-4H3,(H,16,17). The van der Waals surface area contributed by atoms with Crippen LogP contribution in [0.15, 0.2) is 24.3 Å². The van der Waals surface area contributed by atoms with Gasteiger partial charge in [-0.3, -0.25) is 9.59 Å². The zero-order chi connectivity index (χ0) is 14.5. The molecule has 0 unspecified atom stereocenters. The largest absolute Gasteiger partial charge is 0.459 e. The average Bonchev–Trinajstić information content (AvgIpc) is 2.25. The third kappa shape index (κ3) is 6.45. The molecule has 0 aromatic heterocycles. The number of hydrogen-bond acceptors (Lipinski definition) is 4. The van der Waals surface area contributed by atoms with Crippen molar-refractivity contribution in [3.05, 3.63) is 24.3 Å². The molecule has 1 amide bonds. The van der Waals surface area contributed by atoms with Crippen LogP contribution < -0.4 is 10.6 Å². The highest BCUT2D eigenvalue weighted by molar-refractivity contribution is 5.88. The Kier molecular flexibility index (Phi) is 4.92. The lowest BCUT2D eigenvalue weighted by atomic mass is 10.2. The molecule has 5 heteroatoms. The first-order valence-corrected chi connectivity index (χ1v) is 6.09. The summed E-state index contributed by atoms with van der Waals surface area (Å²) >= 11 is 0. The van der Waals surface area contributed by atoms with Gasteiger partial charge < -0.3 is 15.4 Å². The van der Waals surface area contributed by atoms with Gasteiger partial charge in [-0.05, 0) is 45.0 Å². The van der Waals surface area contributed by atoms with E-state index in [4.69, 9.17) is 4.74 Å². The summed E-state index contributed by atoms with van der Waals surface area (Å²) in [6.07, 6.45) is 0. The second kappa shape index (κ2) is 6.22. The van der Waals surface area contributed by atoms with E-state index in [-0.39, 0.29) is 18.4 Å². The fourth-order valence-corrected chi connectivity index (χ4v) is 1.43.